The van der Waals surface area contributed by atoms with Crippen LogP contribution in [-0.2, 0) is 9.53 Å². The highest BCUT2D eigenvalue weighted by Gasteiger charge is 2.05. The lowest BCUT2D eigenvalue weighted by Crippen LogP contribution is -2.08. The second-order valence-corrected chi connectivity index (χ2v) is 7.06. The van der Waals surface area contributed by atoms with E-state index in [1.165, 1.54) is 11.3 Å². The van der Waals surface area contributed by atoms with E-state index in [-0.39, 0.29) is 12.8 Å². The minimum atomic E-state index is -0.291. The van der Waals surface area contributed by atoms with Crippen molar-refractivity contribution in [2.24, 2.45) is 10.2 Å². The highest BCUT2D eigenvalue weighted by Crippen LogP contribution is 2.35. The van der Waals surface area contributed by atoms with Gasteiger partial charge in [0.15, 0.2) is 0 Å². The van der Waals surface area contributed by atoms with Gasteiger partial charge in [0.05, 0.1) is 15.4 Å². The van der Waals surface area contributed by atoms with E-state index in [4.69, 9.17) is 9.47 Å². The number of aryl methyl sites for hydroxylation is 1. The molecule has 0 aliphatic carbocycles. The van der Waals surface area contributed by atoms with Crippen molar-refractivity contribution in [3.05, 3.63) is 35.3 Å². The fourth-order valence-corrected chi connectivity index (χ4v) is 3.80. The number of ether oxygens (including phenoxy) is 2. The number of aromatic nitrogens is 1. The summed E-state index contributed by atoms with van der Waals surface area (Å²) < 4.78 is 11.3. The van der Waals surface area contributed by atoms with Crippen molar-refractivity contribution in [1.82, 2.24) is 4.98 Å². The maximum atomic E-state index is 11.0. The van der Waals surface area contributed by atoms with Crippen molar-refractivity contribution in [2.45, 2.75) is 20.3 Å². The number of nitrogens with zero attached hydrogens (tertiary/aromatic N) is 3. The third kappa shape index (κ3) is 4.15. The van der Waals surface area contributed by atoms with E-state index in [9.17, 15) is 4.79 Å². The van der Waals surface area contributed by atoms with Crippen LogP contribution in [0.25, 0.3) is 9.53 Å². The third-order valence-electron chi connectivity index (χ3n) is 3.02. The van der Waals surface area contributed by atoms with Crippen LogP contribution in [0.2, 0.25) is 0 Å². The van der Waals surface area contributed by atoms with E-state index in [0.29, 0.717) is 17.9 Å². The van der Waals surface area contributed by atoms with Crippen LogP contribution < -0.4 is 4.74 Å². The van der Waals surface area contributed by atoms with Gasteiger partial charge in [0, 0.05) is 6.42 Å². The van der Waals surface area contributed by atoms with Crippen molar-refractivity contribution in [1.29, 1.82) is 0 Å². The quantitative estimate of drug-likeness (QED) is 0.336. The fourth-order valence-electron chi connectivity index (χ4n) is 1.86. The first-order valence-corrected chi connectivity index (χ1v) is 8.94. The third-order valence-corrected chi connectivity index (χ3v) is 4.98. The normalized spacial score (nSPS) is 11.2. The monoisotopic (exact) mass is 361 g/mol. The van der Waals surface area contributed by atoms with E-state index in [0.717, 1.165) is 19.5 Å². The minimum absolute atomic E-state index is 0.0914. The predicted molar refractivity (Wildman–Crippen MR) is 94.7 cm³/mol. The molecule has 2 heterocycles. The first kappa shape index (κ1) is 16.5. The van der Waals surface area contributed by atoms with Crippen LogP contribution in [0.1, 0.15) is 18.4 Å². The lowest BCUT2D eigenvalue weighted by molar-refractivity contribution is -0.149. The molecule has 0 aliphatic heterocycles. The number of benzene rings is 1. The number of fused-ring (bicyclic) bond motifs is 1. The molecule has 0 spiro atoms. The van der Waals surface area contributed by atoms with Gasteiger partial charge in [0.25, 0.3) is 0 Å². The Balaban J connectivity index is 1.58. The summed E-state index contributed by atoms with van der Waals surface area (Å²) in [6.07, 6.45) is 0.332. The van der Waals surface area contributed by atoms with E-state index >= 15 is 0 Å². The average Bonchev–Trinajstić information content (AvgIpc) is 3.10. The number of rotatable bonds is 6. The molecule has 2 aromatic heterocycles. The van der Waals surface area contributed by atoms with Gasteiger partial charge in [-0.15, -0.1) is 21.6 Å². The van der Waals surface area contributed by atoms with E-state index in [1.807, 2.05) is 13.0 Å². The van der Waals surface area contributed by atoms with Gasteiger partial charge in [-0.05, 0) is 37.3 Å². The summed E-state index contributed by atoms with van der Waals surface area (Å²) in [4.78, 5) is 16.4. The standard InChI is InChI=1S/C16H15N3O3S2/c1-3-15(20)22-9-21-12-6-4-11(5-7-12)18-19-14-8-13-16(24-14)17-10(2)23-13/h4-8H,3,9H2,1-2H3. The molecule has 0 bridgehead atoms. The molecule has 0 saturated heterocycles. The minimum Gasteiger partial charge on any atom is -0.457 e. The Labute approximate surface area is 146 Å². The molecular weight excluding hydrogens is 346 g/mol. The molecule has 0 radical (unpaired) electrons. The van der Waals surface area contributed by atoms with Crippen molar-refractivity contribution in [3.8, 4) is 5.75 Å². The number of azo groups is 1. The molecule has 0 amide bonds. The van der Waals surface area contributed by atoms with Crippen LogP contribution in [0.15, 0.2) is 40.6 Å². The first-order valence-electron chi connectivity index (χ1n) is 7.31. The number of thiophene rings is 1. The number of carbonyl (C=O) groups excluding carboxylic acids is 1. The lowest BCUT2D eigenvalue weighted by Gasteiger charge is -2.06. The van der Waals surface area contributed by atoms with Gasteiger partial charge in [0.2, 0.25) is 6.79 Å². The fraction of sp³-hybridized carbons (Fsp3) is 0.250. The van der Waals surface area contributed by atoms with Crippen LogP contribution >= 0.6 is 22.7 Å². The highest BCUT2D eigenvalue weighted by molar-refractivity contribution is 7.29. The number of carbonyl (C=O) groups is 1. The van der Waals surface area contributed by atoms with E-state index in [1.54, 1.807) is 42.5 Å². The van der Waals surface area contributed by atoms with Crippen molar-refractivity contribution < 1.29 is 14.3 Å². The van der Waals surface area contributed by atoms with Gasteiger partial charge in [-0.2, -0.15) is 0 Å². The second kappa shape index (κ2) is 7.50. The van der Waals surface area contributed by atoms with Gasteiger partial charge >= 0.3 is 5.97 Å². The molecule has 6 nitrogen and oxygen atoms in total. The SMILES string of the molecule is CCC(=O)OCOc1ccc(N=Nc2cc3sc(C)nc3s2)cc1. The van der Waals surface area contributed by atoms with Crippen LogP contribution in [0, 0.1) is 6.92 Å². The first-order chi connectivity index (χ1) is 11.6. The highest BCUT2D eigenvalue weighted by atomic mass is 32.1. The van der Waals surface area contributed by atoms with Gasteiger partial charge in [-0.3, -0.25) is 4.79 Å². The number of esters is 1. The van der Waals surface area contributed by atoms with Gasteiger partial charge in [-0.1, -0.05) is 18.3 Å². The predicted octanol–water partition coefficient (Wildman–Crippen LogP) is 5.37. The molecule has 0 N–H and O–H groups in total. The molecule has 0 unspecified atom stereocenters. The molecule has 124 valence electrons. The summed E-state index contributed by atoms with van der Waals surface area (Å²) in [6, 6.07) is 9.09. The summed E-state index contributed by atoms with van der Waals surface area (Å²) in [7, 11) is 0. The second-order valence-electron chi connectivity index (χ2n) is 4.81. The van der Waals surface area contributed by atoms with Crippen LogP contribution in [0.3, 0.4) is 0 Å². The molecule has 0 atom stereocenters. The molecule has 0 aliphatic rings. The van der Waals surface area contributed by atoms with Gasteiger partial charge in [0.1, 0.15) is 15.6 Å². The van der Waals surface area contributed by atoms with Crippen molar-refractivity contribution >= 4 is 48.9 Å². The van der Waals surface area contributed by atoms with Gasteiger partial charge in [-0.25, -0.2) is 4.98 Å². The Kier molecular flexibility index (Phi) is 5.17. The summed E-state index contributed by atoms with van der Waals surface area (Å²) in [6.45, 7) is 3.63. The molecular formula is C16H15N3O3S2. The molecule has 24 heavy (non-hydrogen) atoms. The zero-order chi connectivity index (χ0) is 16.9. The summed E-state index contributed by atoms with van der Waals surface area (Å²) in [5, 5.41) is 10.3. The van der Waals surface area contributed by atoms with Gasteiger partial charge < -0.3 is 9.47 Å². The average molecular weight is 361 g/mol. The summed E-state index contributed by atoms with van der Waals surface area (Å²) in [5.41, 5.74) is 0.716. The lowest BCUT2D eigenvalue weighted by atomic mass is 10.3. The maximum absolute atomic E-state index is 11.0. The Morgan fingerprint density at radius 3 is 2.71 bits per heavy atom. The Morgan fingerprint density at radius 1 is 1.21 bits per heavy atom. The van der Waals surface area contributed by atoms with Crippen molar-refractivity contribution in [3.63, 3.8) is 0 Å². The molecule has 0 saturated carbocycles. The Morgan fingerprint density at radius 2 is 2.00 bits per heavy atom. The molecule has 0 fully saturated rings. The molecule has 3 rings (SSSR count). The summed E-state index contributed by atoms with van der Waals surface area (Å²) >= 11 is 3.18. The summed E-state index contributed by atoms with van der Waals surface area (Å²) in [5.74, 6) is 0.315. The number of hydrogen-bond acceptors (Lipinski definition) is 8. The smallest absolute Gasteiger partial charge is 0.308 e. The zero-order valence-corrected chi connectivity index (χ0v) is 14.8. The number of thiazole rings is 1. The molecule has 3 aromatic rings. The largest absolute Gasteiger partial charge is 0.457 e. The molecule has 8 heteroatoms. The number of hydrogen-bond donors (Lipinski definition) is 0. The topological polar surface area (TPSA) is 73.1 Å². The van der Waals surface area contributed by atoms with E-state index < -0.39 is 0 Å². The Bertz CT molecular complexity index is 837. The van der Waals surface area contributed by atoms with Crippen LogP contribution in [-0.4, -0.2) is 17.7 Å². The zero-order valence-electron chi connectivity index (χ0n) is 13.2. The molecule has 1 aromatic carbocycles. The Hall–Kier alpha value is -2.32. The van der Waals surface area contributed by atoms with E-state index in [2.05, 4.69) is 15.2 Å². The van der Waals surface area contributed by atoms with Crippen LogP contribution in [0.5, 0.6) is 5.75 Å². The van der Waals surface area contributed by atoms with Crippen LogP contribution in [0.4, 0.5) is 10.7 Å². The van der Waals surface area contributed by atoms with Crippen molar-refractivity contribution in [2.75, 3.05) is 6.79 Å². The maximum Gasteiger partial charge on any atom is 0.308 e.